The molecule has 1 fully saturated rings. The van der Waals surface area contributed by atoms with Gasteiger partial charge in [0.2, 0.25) is 0 Å². The van der Waals surface area contributed by atoms with Crippen molar-refractivity contribution in [3.63, 3.8) is 0 Å². The van der Waals surface area contributed by atoms with E-state index in [2.05, 4.69) is 27.6 Å². The number of para-hydroxylation sites is 1. The Labute approximate surface area is 175 Å². The van der Waals surface area contributed by atoms with Crippen molar-refractivity contribution in [1.82, 2.24) is 4.90 Å². The van der Waals surface area contributed by atoms with Gasteiger partial charge in [-0.25, -0.2) is 4.99 Å². The SMILES string of the molecule is O=C1C(=Cc2cccc(I)c2)SC(=Nc2ccccc2)N1Cc1ccco1. The maximum Gasteiger partial charge on any atom is 0.267 e. The predicted molar refractivity (Wildman–Crippen MR) is 118 cm³/mol. The first kappa shape index (κ1) is 18.1. The molecule has 2 aromatic carbocycles. The Morgan fingerprint density at radius 3 is 2.67 bits per heavy atom. The summed E-state index contributed by atoms with van der Waals surface area (Å²) in [6.07, 6.45) is 3.53. The molecule has 2 heterocycles. The van der Waals surface area contributed by atoms with Crippen LogP contribution in [-0.2, 0) is 11.3 Å². The van der Waals surface area contributed by atoms with E-state index in [1.54, 1.807) is 11.2 Å². The number of hydrogen-bond donors (Lipinski definition) is 0. The highest BCUT2D eigenvalue weighted by Gasteiger charge is 2.34. The minimum Gasteiger partial charge on any atom is -0.467 e. The van der Waals surface area contributed by atoms with Crippen LogP contribution < -0.4 is 0 Å². The van der Waals surface area contributed by atoms with Crippen LogP contribution in [0.4, 0.5) is 5.69 Å². The first-order valence-corrected chi connectivity index (χ1v) is 10.2. The number of rotatable bonds is 4. The summed E-state index contributed by atoms with van der Waals surface area (Å²) in [5.74, 6) is 0.658. The third kappa shape index (κ3) is 4.33. The molecule has 1 saturated heterocycles. The van der Waals surface area contributed by atoms with E-state index in [0.717, 1.165) is 20.6 Å². The second kappa shape index (κ2) is 8.14. The van der Waals surface area contributed by atoms with Gasteiger partial charge in [-0.15, -0.1) is 0 Å². The van der Waals surface area contributed by atoms with E-state index >= 15 is 0 Å². The zero-order chi connectivity index (χ0) is 18.6. The fraction of sp³-hybridized carbons (Fsp3) is 0.0476. The van der Waals surface area contributed by atoms with Crippen LogP contribution >= 0.6 is 34.4 Å². The molecule has 0 bridgehead atoms. The monoisotopic (exact) mass is 486 g/mol. The number of aliphatic imine (C=N–C) groups is 1. The summed E-state index contributed by atoms with van der Waals surface area (Å²) in [6, 6.07) is 21.4. The standard InChI is InChI=1S/C21H15IN2O2S/c22-16-7-4-6-15(12-16)13-19-20(25)24(14-18-10-5-11-26-18)21(27-19)23-17-8-2-1-3-9-17/h1-13H,14H2. The van der Waals surface area contributed by atoms with Crippen LogP contribution in [0.15, 0.2) is 87.3 Å². The number of benzene rings is 2. The van der Waals surface area contributed by atoms with Crippen molar-refractivity contribution < 1.29 is 9.21 Å². The molecule has 4 rings (SSSR count). The molecular weight excluding hydrogens is 471 g/mol. The molecule has 134 valence electrons. The van der Waals surface area contributed by atoms with Gasteiger partial charge in [0.25, 0.3) is 5.91 Å². The summed E-state index contributed by atoms with van der Waals surface area (Å²) in [6.45, 7) is 0.355. The Kier molecular flexibility index (Phi) is 5.45. The van der Waals surface area contributed by atoms with Crippen LogP contribution in [0, 0.1) is 3.57 Å². The molecule has 0 saturated carbocycles. The van der Waals surface area contributed by atoms with Crippen LogP contribution in [0.1, 0.15) is 11.3 Å². The molecule has 0 atom stereocenters. The van der Waals surface area contributed by atoms with Crippen molar-refractivity contribution >= 4 is 57.2 Å². The average Bonchev–Trinajstić information content (AvgIpc) is 3.27. The minimum absolute atomic E-state index is 0.0649. The van der Waals surface area contributed by atoms with Gasteiger partial charge in [0.1, 0.15) is 5.76 Å². The molecule has 6 heteroatoms. The number of thioether (sulfide) groups is 1. The molecule has 3 aromatic rings. The van der Waals surface area contributed by atoms with Gasteiger partial charge in [-0.05, 0) is 82.4 Å². The highest BCUT2D eigenvalue weighted by molar-refractivity contribution is 14.1. The topological polar surface area (TPSA) is 45.8 Å². The van der Waals surface area contributed by atoms with E-state index in [4.69, 9.17) is 4.42 Å². The van der Waals surface area contributed by atoms with Crippen LogP contribution in [0.25, 0.3) is 6.08 Å². The molecule has 4 nitrogen and oxygen atoms in total. The molecule has 0 spiro atoms. The van der Waals surface area contributed by atoms with Crippen molar-refractivity contribution in [3.05, 3.63) is 92.8 Å². The Balaban J connectivity index is 1.69. The highest BCUT2D eigenvalue weighted by Crippen LogP contribution is 2.35. The minimum atomic E-state index is -0.0649. The summed E-state index contributed by atoms with van der Waals surface area (Å²) >= 11 is 3.65. The lowest BCUT2D eigenvalue weighted by molar-refractivity contribution is -0.122. The van der Waals surface area contributed by atoms with Crippen molar-refractivity contribution in [1.29, 1.82) is 0 Å². The molecule has 0 N–H and O–H groups in total. The average molecular weight is 486 g/mol. The van der Waals surface area contributed by atoms with Crippen LogP contribution in [0.5, 0.6) is 0 Å². The van der Waals surface area contributed by atoms with Gasteiger partial charge in [0, 0.05) is 3.57 Å². The number of hydrogen-bond acceptors (Lipinski definition) is 4. The van der Waals surface area contributed by atoms with Crippen molar-refractivity contribution in [3.8, 4) is 0 Å². The number of amidine groups is 1. The van der Waals surface area contributed by atoms with Gasteiger partial charge in [-0.3, -0.25) is 9.69 Å². The fourth-order valence-electron chi connectivity index (χ4n) is 2.65. The first-order valence-electron chi connectivity index (χ1n) is 8.32. The van der Waals surface area contributed by atoms with Crippen molar-refractivity contribution in [2.45, 2.75) is 6.54 Å². The van der Waals surface area contributed by atoms with Crippen molar-refractivity contribution in [2.24, 2.45) is 4.99 Å². The molecule has 1 aliphatic rings. The van der Waals surface area contributed by atoms with Gasteiger partial charge in [-0.2, -0.15) is 0 Å². The van der Waals surface area contributed by atoms with E-state index < -0.39 is 0 Å². The summed E-state index contributed by atoms with van der Waals surface area (Å²) in [5.41, 5.74) is 1.81. The molecular formula is C21H15IN2O2S. The normalized spacial score (nSPS) is 17.2. The maximum atomic E-state index is 13.0. The Bertz CT molecular complexity index is 1010. The van der Waals surface area contributed by atoms with Crippen LogP contribution in [0.3, 0.4) is 0 Å². The number of furan rings is 1. The molecule has 27 heavy (non-hydrogen) atoms. The van der Waals surface area contributed by atoms with Gasteiger partial charge in [-0.1, -0.05) is 30.3 Å². The fourth-order valence-corrected chi connectivity index (χ4v) is 4.21. The zero-order valence-corrected chi connectivity index (χ0v) is 17.2. The lowest BCUT2D eigenvalue weighted by atomic mass is 10.2. The molecule has 0 radical (unpaired) electrons. The lowest BCUT2D eigenvalue weighted by Crippen LogP contribution is -2.28. The summed E-state index contributed by atoms with van der Waals surface area (Å²) in [7, 11) is 0. The summed E-state index contributed by atoms with van der Waals surface area (Å²) < 4.78 is 6.56. The van der Waals surface area contributed by atoms with E-state index in [0.29, 0.717) is 16.6 Å². The van der Waals surface area contributed by atoms with Gasteiger partial charge < -0.3 is 4.42 Å². The Hall–Kier alpha value is -2.32. The second-order valence-corrected chi connectivity index (χ2v) is 8.12. The molecule has 1 aliphatic heterocycles. The smallest absolute Gasteiger partial charge is 0.267 e. The number of halogens is 1. The van der Waals surface area contributed by atoms with Gasteiger partial charge in [0.05, 0.1) is 23.4 Å². The van der Waals surface area contributed by atoms with E-state index in [1.807, 2.05) is 72.8 Å². The second-order valence-electron chi connectivity index (χ2n) is 5.87. The third-order valence-electron chi connectivity index (χ3n) is 3.91. The largest absolute Gasteiger partial charge is 0.467 e. The predicted octanol–water partition coefficient (Wildman–Crippen LogP) is 5.69. The summed E-state index contributed by atoms with van der Waals surface area (Å²) in [5, 5.41) is 0.652. The van der Waals surface area contributed by atoms with Crippen LogP contribution in [-0.4, -0.2) is 16.0 Å². The van der Waals surface area contributed by atoms with E-state index in [9.17, 15) is 4.79 Å². The molecule has 1 amide bonds. The highest BCUT2D eigenvalue weighted by atomic mass is 127. The lowest BCUT2D eigenvalue weighted by Gasteiger charge is -2.13. The molecule has 1 aromatic heterocycles. The third-order valence-corrected chi connectivity index (χ3v) is 5.59. The van der Waals surface area contributed by atoms with Crippen molar-refractivity contribution in [2.75, 3.05) is 0 Å². The summed E-state index contributed by atoms with van der Waals surface area (Å²) in [4.78, 5) is 20.0. The van der Waals surface area contributed by atoms with E-state index in [1.165, 1.54) is 11.8 Å². The number of amides is 1. The number of carbonyl (C=O) groups is 1. The number of carbonyl (C=O) groups excluding carboxylic acids is 1. The zero-order valence-electron chi connectivity index (χ0n) is 14.2. The quantitative estimate of drug-likeness (QED) is 0.352. The Morgan fingerprint density at radius 2 is 1.93 bits per heavy atom. The molecule has 0 unspecified atom stereocenters. The number of nitrogens with zero attached hydrogens (tertiary/aromatic N) is 2. The maximum absolute atomic E-state index is 13.0. The Morgan fingerprint density at radius 1 is 1.07 bits per heavy atom. The van der Waals surface area contributed by atoms with Gasteiger partial charge >= 0.3 is 0 Å². The molecule has 0 aliphatic carbocycles. The van der Waals surface area contributed by atoms with E-state index in [-0.39, 0.29) is 5.91 Å². The van der Waals surface area contributed by atoms with Gasteiger partial charge in [0.15, 0.2) is 5.17 Å². The van der Waals surface area contributed by atoms with Crippen LogP contribution in [0.2, 0.25) is 0 Å². The first-order chi connectivity index (χ1) is 13.2.